The third-order valence-electron chi connectivity index (χ3n) is 3.28. The van der Waals surface area contributed by atoms with Crippen molar-refractivity contribution >= 4 is 39.8 Å². The van der Waals surface area contributed by atoms with Crippen LogP contribution in [0, 0.1) is 0 Å². The molecule has 6 nitrogen and oxygen atoms in total. The highest BCUT2D eigenvalue weighted by Gasteiger charge is 2.24. The number of hydrogen-bond acceptors (Lipinski definition) is 5. The van der Waals surface area contributed by atoms with E-state index in [4.69, 9.17) is 15.2 Å². The van der Waals surface area contributed by atoms with Gasteiger partial charge in [-0.05, 0) is 36.4 Å². The van der Waals surface area contributed by atoms with Crippen LogP contribution in [0.5, 0.6) is 5.75 Å². The Bertz CT molecular complexity index is 891. The van der Waals surface area contributed by atoms with Gasteiger partial charge in [0.05, 0.1) is 0 Å². The van der Waals surface area contributed by atoms with E-state index in [2.05, 4.69) is 20.9 Å². The number of nitrogens with zero attached hydrogens (tertiary/aromatic N) is 1. The van der Waals surface area contributed by atoms with Crippen molar-refractivity contribution in [1.82, 2.24) is 0 Å². The largest absolute Gasteiger partial charge is 0.483 e. The van der Waals surface area contributed by atoms with Gasteiger partial charge >= 0.3 is 5.97 Å². The van der Waals surface area contributed by atoms with E-state index in [1.807, 2.05) is 18.2 Å². The van der Waals surface area contributed by atoms with E-state index < -0.39 is 11.9 Å². The summed E-state index contributed by atoms with van der Waals surface area (Å²) in [4.78, 5) is 27.3. The third-order valence-corrected chi connectivity index (χ3v) is 3.77. The van der Waals surface area contributed by atoms with Gasteiger partial charge in [0, 0.05) is 15.6 Å². The second-order valence-corrected chi connectivity index (χ2v) is 6.05. The molecule has 0 aromatic heterocycles. The molecule has 1 heterocycles. The number of benzene rings is 2. The van der Waals surface area contributed by atoms with Gasteiger partial charge in [-0.15, -0.1) is 0 Å². The summed E-state index contributed by atoms with van der Waals surface area (Å²) in [6.07, 6.45) is 1.54. The lowest BCUT2D eigenvalue weighted by Gasteiger charge is -2.08. The van der Waals surface area contributed by atoms with E-state index in [0.717, 1.165) is 4.47 Å². The van der Waals surface area contributed by atoms with Gasteiger partial charge in [-0.2, -0.15) is 0 Å². The second-order valence-electron chi connectivity index (χ2n) is 5.14. The smallest absolute Gasteiger partial charge is 0.363 e. The highest BCUT2D eigenvalue weighted by molar-refractivity contribution is 9.10. The number of carbonyl (C=O) groups is 2. The summed E-state index contributed by atoms with van der Waals surface area (Å²) < 4.78 is 11.4. The first-order valence-corrected chi connectivity index (χ1v) is 8.11. The molecule has 0 bridgehead atoms. The molecule has 25 heavy (non-hydrogen) atoms. The van der Waals surface area contributed by atoms with Gasteiger partial charge in [0.2, 0.25) is 5.90 Å². The molecule has 7 heteroatoms. The summed E-state index contributed by atoms with van der Waals surface area (Å²) in [5.74, 6) is -0.497. The number of aliphatic imine (C=N–C) groups is 1. The maximum Gasteiger partial charge on any atom is 0.363 e. The Morgan fingerprint density at radius 2 is 2.00 bits per heavy atom. The number of primary amides is 1. The molecule has 2 aromatic rings. The lowest BCUT2D eigenvalue weighted by Crippen LogP contribution is -2.20. The van der Waals surface area contributed by atoms with Crippen LogP contribution in [0.2, 0.25) is 0 Å². The molecule has 2 aromatic carbocycles. The zero-order valence-electron chi connectivity index (χ0n) is 12.9. The van der Waals surface area contributed by atoms with Crippen molar-refractivity contribution in [1.29, 1.82) is 0 Å². The molecule has 1 aliphatic rings. The Morgan fingerprint density at radius 1 is 1.24 bits per heavy atom. The SMILES string of the molecule is NC(=O)COc1ccc(Br)cc1/C=C1/N=C(c2ccccc2)OC1=O. The first kappa shape index (κ1) is 16.9. The Balaban J connectivity index is 1.94. The van der Waals surface area contributed by atoms with Crippen molar-refractivity contribution in [3.63, 3.8) is 0 Å². The molecule has 0 radical (unpaired) electrons. The van der Waals surface area contributed by atoms with Gasteiger partial charge in [-0.3, -0.25) is 4.79 Å². The quantitative estimate of drug-likeness (QED) is 0.616. The molecule has 2 N–H and O–H groups in total. The molecule has 0 unspecified atom stereocenters. The fourth-order valence-corrected chi connectivity index (χ4v) is 2.55. The van der Waals surface area contributed by atoms with E-state index in [1.165, 1.54) is 0 Å². The molecule has 0 saturated heterocycles. The van der Waals surface area contributed by atoms with Crippen molar-refractivity contribution in [2.75, 3.05) is 6.61 Å². The summed E-state index contributed by atoms with van der Waals surface area (Å²) in [7, 11) is 0. The molecular weight excluding hydrogens is 388 g/mol. The summed E-state index contributed by atoms with van der Waals surface area (Å²) in [6, 6.07) is 14.3. The maximum atomic E-state index is 12.1. The van der Waals surface area contributed by atoms with E-state index in [-0.39, 0.29) is 18.2 Å². The molecule has 1 aliphatic heterocycles. The van der Waals surface area contributed by atoms with Crippen molar-refractivity contribution in [2.24, 2.45) is 10.7 Å². The molecule has 3 rings (SSSR count). The van der Waals surface area contributed by atoms with Crippen molar-refractivity contribution < 1.29 is 19.1 Å². The average molecular weight is 401 g/mol. The Hall–Kier alpha value is -2.93. The summed E-state index contributed by atoms with van der Waals surface area (Å²) in [5.41, 5.74) is 6.52. The molecule has 0 saturated carbocycles. The number of carbonyl (C=O) groups excluding carboxylic acids is 2. The van der Waals surface area contributed by atoms with E-state index in [1.54, 1.807) is 36.4 Å². The standard InChI is InChI=1S/C18H13BrN2O4/c19-13-6-7-15(24-10-16(20)22)12(8-13)9-14-18(23)25-17(21-14)11-4-2-1-3-5-11/h1-9H,10H2,(H2,20,22)/b14-9+. The number of halogens is 1. The van der Waals surface area contributed by atoms with Crippen molar-refractivity contribution in [3.8, 4) is 5.75 Å². The Morgan fingerprint density at radius 3 is 2.72 bits per heavy atom. The topological polar surface area (TPSA) is 91.0 Å². The van der Waals surface area contributed by atoms with Crippen LogP contribution in [0.1, 0.15) is 11.1 Å². The summed E-state index contributed by atoms with van der Waals surface area (Å²) in [5, 5.41) is 0. The van der Waals surface area contributed by atoms with Crippen LogP contribution in [-0.2, 0) is 14.3 Å². The molecule has 0 fully saturated rings. The minimum absolute atomic E-state index is 0.140. The van der Waals surface area contributed by atoms with Crippen LogP contribution in [0.15, 0.2) is 63.7 Å². The van der Waals surface area contributed by atoms with E-state index in [0.29, 0.717) is 16.9 Å². The van der Waals surface area contributed by atoms with Crippen LogP contribution in [0.25, 0.3) is 6.08 Å². The number of hydrogen-bond donors (Lipinski definition) is 1. The van der Waals surface area contributed by atoms with Gasteiger partial charge in [-0.1, -0.05) is 34.1 Å². The number of ether oxygens (including phenoxy) is 2. The number of cyclic esters (lactones) is 1. The van der Waals surface area contributed by atoms with Gasteiger partial charge in [0.15, 0.2) is 12.3 Å². The monoisotopic (exact) mass is 400 g/mol. The van der Waals surface area contributed by atoms with Crippen molar-refractivity contribution in [3.05, 3.63) is 69.8 Å². The second kappa shape index (κ2) is 7.31. The molecule has 0 aliphatic carbocycles. The van der Waals surface area contributed by atoms with Crippen LogP contribution < -0.4 is 10.5 Å². The van der Waals surface area contributed by atoms with Gasteiger partial charge < -0.3 is 15.2 Å². The van der Waals surface area contributed by atoms with Gasteiger partial charge in [0.1, 0.15) is 5.75 Å². The van der Waals surface area contributed by atoms with Crippen LogP contribution >= 0.6 is 15.9 Å². The first-order chi connectivity index (χ1) is 12.0. The predicted octanol–water partition coefficient (Wildman–Crippen LogP) is 2.66. The normalized spacial score (nSPS) is 15.0. The minimum atomic E-state index is -0.591. The fourth-order valence-electron chi connectivity index (χ4n) is 2.17. The molecule has 0 spiro atoms. The van der Waals surface area contributed by atoms with Crippen molar-refractivity contribution in [2.45, 2.75) is 0 Å². The highest BCUT2D eigenvalue weighted by atomic mass is 79.9. The first-order valence-electron chi connectivity index (χ1n) is 7.31. The average Bonchev–Trinajstić information content (AvgIpc) is 2.96. The lowest BCUT2D eigenvalue weighted by atomic mass is 10.1. The summed E-state index contributed by atoms with van der Waals surface area (Å²) in [6.45, 7) is -0.263. The molecule has 1 amide bonds. The van der Waals surface area contributed by atoms with E-state index >= 15 is 0 Å². The predicted molar refractivity (Wildman–Crippen MR) is 95.9 cm³/mol. The van der Waals surface area contributed by atoms with E-state index in [9.17, 15) is 9.59 Å². The fraction of sp³-hybridized carbons (Fsp3) is 0.0556. The third kappa shape index (κ3) is 4.13. The van der Waals surface area contributed by atoms with Crippen LogP contribution in [-0.4, -0.2) is 24.4 Å². The highest BCUT2D eigenvalue weighted by Crippen LogP contribution is 2.27. The number of nitrogens with two attached hydrogens (primary N) is 1. The minimum Gasteiger partial charge on any atom is -0.483 e. The number of rotatable bonds is 5. The van der Waals surface area contributed by atoms with Crippen LogP contribution in [0.3, 0.4) is 0 Å². The van der Waals surface area contributed by atoms with Gasteiger partial charge in [-0.25, -0.2) is 9.79 Å². The molecule has 126 valence electrons. The maximum absolute atomic E-state index is 12.1. The lowest BCUT2D eigenvalue weighted by molar-refractivity contribution is -0.130. The molecule has 0 atom stereocenters. The number of amides is 1. The summed E-state index contributed by atoms with van der Waals surface area (Å²) >= 11 is 3.36. The molecular formula is C18H13BrN2O4. The zero-order valence-corrected chi connectivity index (χ0v) is 14.5. The zero-order chi connectivity index (χ0) is 17.8. The van der Waals surface area contributed by atoms with Gasteiger partial charge in [0.25, 0.3) is 5.91 Å². The Kier molecular flexibility index (Phi) is 4.95. The number of esters is 1. The van der Waals surface area contributed by atoms with Crippen LogP contribution in [0.4, 0.5) is 0 Å². The Labute approximate surface area is 152 Å².